The van der Waals surface area contributed by atoms with Crippen molar-refractivity contribution < 1.29 is 19.1 Å². The van der Waals surface area contributed by atoms with Crippen molar-refractivity contribution in [2.24, 2.45) is 0 Å². The first-order chi connectivity index (χ1) is 14.1. The van der Waals surface area contributed by atoms with Crippen LogP contribution in [0.5, 0.6) is 5.75 Å². The number of thiazole rings is 1. The number of hydrogen-bond donors (Lipinski definition) is 0. The average molecular weight is 407 g/mol. The standard InChI is InChI=1S/C21H17N3O4S/c1-27-17-9-7-15(8-10-17)20-23-18(14-29-20)21(26)28-13-19(25)24(12-11-22)16-5-3-2-4-6-16/h2-10,14H,12-13H2,1H3. The summed E-state index contributed by atoms with van der Waals surface area (Å²) in [5.41, 5.74) is 1.53. The Balaban J connectivity index is 1.63. The molecule has 146 valence electrons. The summed E-state index contributed by atoms with van der Waals surface area (Å²) in [7, 11) is 1.59. The highest BCUT2D eigenvalue weighted by Gasteiger charge is 2.19. The molecule has 0 N–H and O–H groups in total. The average Bonchev–Trinajstić information content (AvgIpc) is 3.26. The molecular weight excluding hydrogens is 390 g/mol. The lowest BCUT2D eigenvalue weighted by atomic mass is 10.2. The van der Waals surface area contributed by atoms with Crippen LogP contribution in [0.25, 0.3) is 10.6 Å². The second-order valence-corrected chi connectivity index (χ2v) is 6.67. The van der Waals surface area contributed by atoms with Gasteiger partial charge in [-0.25, -0.2) is 9.78 Å². The summed E-state index contributed by atoms with van der Waals surface area (Å²) in [6, 6.07) is 18.0. The highest BCUT2D eigenvalue weighted by molar-refractivity contribution is 7.13. The number of hydrogen-bond acceptors (Lipinski definition) is 7. The molecule has 0 aliphatic carbocycles. The fourth-order valence-corrected chi connectivity index (χ4v) is 3.31. The molecule has 0 bridgehead atoms. The predicted octanol–water partition coefficient (Wildman–Crippen LogP) is 3.53. The zero-order valence-corrected chi connectivity index (χ0v) is 16.4. The van der Waals surface area contributed by atoms with Gasteiger partial charge in [0.15, 0.2) is 12.3 Å². The Hall–Kier alpha value is -3.70. The molecule has 29 heavy (non-hydrogen) atoms. The third kappa shape index (κ3) is 4.97. The van der Waals surface area contributed by atoms with Crippen LogP contribution in [0, 0.1) is 11.3 Å². The lowest BCUT2D eigenvalue weighted by molar-refractivity contribution is -0.121. The number of para-hydroxylation sites is 1. The molecule has 1 aromatic heterocycles. The van der Waals surface area contributed by atoms with Gasteiger partial charge in [-0.3, -0.25) is 9.69 Å². The number of benzene rings is 2. The zero-order valence-electron chi connectivity index (χ0n) is 15.6. The van der Waals surface area contributed by atoms with Crippen LogP contribution in [0.2, 0.25) is 0 Å². The number of nitrogens with zero attached hydrogens (tertiary/aromatic N) is 3. The summed E-state index contributed by atoms with van der Waals surface area (Å²) in [5.74, 6) is -0.458. The first-order valence-electron chi connectivity index (χ1n) is 8.62. The number of esters is 1. The molecule has 0 unspecified atom stereocenters. The lowest BCUT2D eigenvalue weighted by Gasteiger charge is -2.19. The third-order valence-corrected chi connectivity index (χ3v) is 4.87. The molecule has 7 nitrogen and oxygen atoms in total. The molecule has 8 heteroatoms. The predicted molar refractivity (Wildman–Crippen MR) is 109 cm³/mol. The Morgan fingerprint density at radius 3 is 2.52 bits per heavy atom. The van der Waals surface area contributed by atoms with E-state index in [0.717, 1.165) is 11.3 Å². The Kier molecular flexibility index (Phi) is 6.55. The molecule has 0 saturated heterocycles. The van der Waals surface area contributed by atoms with Crippen LogP contribution in [-0.2, 0) is 9.53 Å². The molecule has 3 rings (SSSR count). The van der Waals surface area contributed by atoms with E-state index in [1.807, 2.05) is 18.2 Å². The molecule has 0 aliphatic rings. The van der Waals surface area contributed by atoms with Crippen molar-refractivity contribution in [2.45, 2.75) is 0 Å². The minimum Gasteiger partial charge on any atom is -0.497 e. The first kappa shape index (κ1) is 20.0. The van der Waals surface area contributed by atoms with Crippen molar-refractivity contribution in [3.63, 3.8) is 0 Å². The van der Waals surface area contributed by atoms with Crippen molar-refractivity contribution in [1.82, 2.24) is 4.98 Å². The van der Waals surface area contributed by atoms with Gasteiger partial charge in [-0.05, 0) is 36.4 Å². The summed E-state index contributed by atoms with van der Waals surface area (Å²) in [4.78, 5) is 30.2. The van der Waals surface area contributed by atoms with E-state index in [-0.39, 0.29) is 12.2 Å². The van der Waals surface area contributed by atoms with Gasteiger partial charge < -0.3 is 9.47 Å². The molecule has 0 aliphatic heterocycles. The van der Waals surface area contributed by atoms with E-state index >= 15 is 0 Å². The quantitative estimate of drug-likeness (QED) is 0.439. The fourth-order valence-electron chi connectivity index (χ4n) is 2.51. The molecule has 0 saturated carbocycles. The second kappa shape index (κ2) is 9.48. The van der Waals surface area contributed by atoms with E-state index in [1.165, 1.54) is 16.2 Å². The van der Waals surface area contributed by atoms with Crippen LogP contribution in [0.15, 0.2) is 60.0 Å². The van der Waals surface area contributed by atoms with Crippen LogP contribution in [0.3, 0.4) is 0 Å². The number of amides is 1. The Bertz CT molecular complexity index is 1030. The van der Waals surface area contributed by atoms with Crippen molar-refractivity contribution in [3.05, 3.63) is 65.7 Å². The number of anilines is 1. The maximum absolute atomic E-state index is 12.4. The largest absolute Gasteiger partial charge is 0.497 e. The van der Waals surface area contributed by atoms with Gasteiger partial charge in [0.25, 0.3) is 5.91 Å². The van der Waals surface area contributed by atoms with Crippen molar-refractivity contribution in [3.8, 4) is 22.4 Å². The van der Waals surface area contributed by atoms with Gasteiger partial charge in [0, 0.05) is 16.6 Å². The fraction of sp³-hybridized carbons (Fsp3) is 0.143. The first-order valence-corrected chi connectivity index (χ1v) is 9.49. The number of carbonyl (C=O) groups excluding carboxylic acids is 2. The summed E-state index contributed by atoms with van der Waals surface area (Å²) in [6.45, 7) is -0.622. The number of nitriles is 1. The number of methoxy groups -OCH3 is 1. The van der Waals surface area contributed by atoms with Gasteiger partial charge in [0.05, 0.1) is 13.2 Å². The van der Waals surface area contributed by atoms with Gasteiger partial charge in [-0.1, -0.05) is 18.2 Å². The summed E-state index contributed by atoms with van der Waals surface area (Å²) in [6.07, 6.45) is 0. The molecule has 1 amide bonds. The van der Waals surface area contributed by atoms with Gasteiger partial charge >= 0.3 is 5.97 Å². The van der Waals surface area contributed by atoms with E-state index < -0.39 is 18.5 Å². The van der Waals surface area contributed by atoms with Crippen molar-refractivity contribution in [2.75, 3.05) is 25.2 Å². The topological polar surface area (TPSA) is 92.5 Å². The van der Waals surface area contributed by atoms with Gasteiger partial charge in [0.1, 0.15) is 17.3 Å². The minimum absolute atomic E-state index is 0.125. The van der Waals surface area contributed by atoms with Gasteiger partial charge in [0.2, 0.25) is 0 Å². The third-order valence-electron chi connectivity index (χ3n) is 3.97. The van der Waals surface area contributed by atoms with E-state index in [9.17, 15) is 9.59 Å². The number of rotatable bonds is 7. The van der Waals surface area contributed by atoms with Crippen LogP contribution in [0.4, 0.5) is 5.69 Å². The molecular formula is C21H17N3O4S. The summed E-state index contributed by atoms with van der Waals surface area (Å²) >= 11 is 1.30. The number of aromatic nitrogens is 1. The van der Waals surface area contributed by atoms with E-state index in [0.29, 0.717) is 10.7 Å². The minimum atomic E-state index is -0.695. The van der Waals surface area contributed by atoms with E-state index in [4.69, 9.17) is 14.7 Å². The lowest BCUT2D eigenvalue weighted by Crippen LogP contribution is -2.35. The maximum atomic E-state index is 12.4. The van der Waals surface area contributed by atoms with Crippen molar-refractivity contribution in [1.29, 1.82) is 5.26 Å². The second-order valence-electron chi connectivity index (χ2n) is 5.82. The van der Waals surface area contributed by atoms with Crippen LogP contribution in [0.1, 0.15) is 10.5 Å². The van der Waals surface area contributed by atoms with Crippen LogP contribution >= 0.6 is 11.3 Å². The molecule has 3 aromatic rings. The zero-order chi connectivity index (χ0) is 20.6. The summed E-state index contributed by atoms with van der Waals surface area (Å²) in [5, 5.41) is 11.2. The molecule has 1 heterocycles. The molecule has 0 fully saturated rings. The monoisotopic (exact) mass is 407 g/mol. The number of carbonyl (C=O) groups is 2. The van der Waals surface area contributed by atoms with Crippen molar-refractivity contribution >= 4 is 28.9 Å². The number of ether oxygens (including phenoxy) is 2. The molecule has 0 atom stereocenters. The van der Waals surface area contributed by atoms with Gasteiger partial charge in [-0.2, -0.15) is 5.26 Å². The van der Waals surface area contributed by atoms with E-state index in [2.05, 4.69) is 4.98 Å². The highest BCUT2D eigenvalue weighted by atomic mass is 32.1. The normalized spacial score (nSPS) is 10.1. The molecule has 0 spiro atoms. The maximum Gasteiger partial charge on any atom is 0.358 e. The smallest absolute Gasteiger partial charge is 0.358 e. The molecule has 0 radical (unpaired) electrons. The molecule has 2 aromatic carbocycles. The summed E-state index contributed by atoms with van der Waals surface area (Å²) < 4.78 is 10.2. The van der Waals surface area contributed by atoms with Crippen LogP contribution < -0.4 is 9.64 Å². The Labute approximate surface area is 171 Å². The SMILES string of the molecule is COc1ccc(-c2nc(C(=O)OCC(=O)N(CC#N)c3ccccc3)cs2)cc1. The highest BCUT2D eigenvalue weighted by Crippen LogP contribution is 2.26. The van der Waals surface area contributed by atoms with Gasteiger partial charge in [-0.15, -0.1) is 11.3 Å². The van der Waals surface area contributed by atoms with Crippen LogP contribution in [-0.4, -0.2) is 37.1 Å². The Morgan fingerprint density at radius 1 is 1.14 bits per heavy atom. The Morgan fingerprint density at radius 2 is 1.86 bits per heavy atom. The van der Waals surface area contributed by atoms with E-state index in [1.54, 1.807) is 55.0 Å².